The fourth-order valence-electron chi connectivity index (χ4n) is 1.85. The van der Waals surface area contributed by atoms with Crippen molar-refractivity contribution in [1.29, 1.82) is 0 Å². The third-order valence-electron chi connectivity index (χ3n) is 3.05. The second-order valence-electron chi connectivity index (χ2n) is 5.12. The van der Waals surface area contributed by atoms with E-state index >= 15 is 0 Å². The molecule has 6 heteroatoms. The molecule has 0 aliphatic rings. The number of ether oxygens (including phenoxy) is 3. The number of aliphatic carboxylic acids is 1. The van der Waals surface area contributed by atoms with E-state index in [-0.39, 0.29) is 5.75 Å². The highest BCUT2D eigenvalue weighted by molar-refractivity contribution is 5.91. The van der Waals surface area contributed by atoms with Crippen molar-refractivity contribution in [3.8, 4) is 11.5 Å². The Hall–Kier alpha value is -2.76. The molecule has 0 saturated carbocycles. The topological polar surface area (TPSA) is 82.1 Å². The molecule has 6 nitrogen and oxygen atoms in total. The number of rotatable bonds is 4. The van der Waals surface area contributed by atoms with Crippen LogP contribution in [0.25, 0.3) is 10.8 Å². The van der Waals surface area contributed by atoms with Gasteiger partial charge >= 0.3 is 12.1 Å². The van der Waals surface area contributed by atoms with Crippen molar-refractivity contribution in [3.63, 3.8) is 0 Å². The number of benzene rings is 2. The average molecular weight is 304 g/mol. The number of carboxylic acids is 1. The van der Waals surface area contributed by atoms with Crippen molar-refractivity contribution in [2.45, 2.75) is 19.4 Å². The fourth-order valence-corrected chi connectivity index (χ4v) is 1.85. The van der Waals surface area contributed by atoms with E-state index in [1.807, 2.05) is 12.1 Å². The Bertz CT molecular complexity index is 720. The van der Waals surface area contributed by atoms with Gasteiger partial charge in [0, 0.05) is 11.5 Å². The van der Waals surface area contributed by atoms with Crippen molar-refractivity contribution in [3.05, 3.63) is 36.4 Å². The van der Waals surface area contributed by atoms with Crippen molar-refractivity contribution < 1.29 is 28.9 Å². The third kappa shape index (κ3) is 3.28. The second-order valence-corrected chi connectivity index (χ2v) is 5.12. The predicted octanol–water partition coefficient (Wildman–Crippen LogP) is 3.23. The molecule has 0 radical (unpaired) electrons. The minimum Gasteiger partial charge on any atom is -0.478 e. The zero-order valence-electron chi connectivity index (χ0n) is 12.5. The third-order valence-corrected chi connectivity index (χ3v) is 3.05. The molecule has 0 unspecified atom stereocenters. The molecule has 2 rings (SSSR count). The summed E-state index contributed by atoms with van der Waals surface area (Å²) in [6.07, 6.45) is -0.862. The average Bonchev–Trinajstić information content (AvgIpc) is 2.46. The zero-order valence-corrected chi connectivity index (χ0v) is 12.5. The highest BCUT2D eigenvalue weighted by Gasteiger charge is 2.30. The molecule has 0 saturated heterocycles. The highest BCUT2D eigenvalue weighted by Crippen LogP contribution is 2.33. The van der Waals surface area contributed by atoms with E-state index in [0.717, 1.165) is 5.39 Å². The van der Waals surface area contributed by atoms with E-state index in [9.17, 15) is 14.7 Å². The molecule has 2 aromatic carbocycles. The van der Waals surface area contributed by atoms with Crippen LogP contribution in [0.2, 0.25) is 0 Å². The van der Waals surface area contributed by atoms with Crippen molar-refractivity contribution >= 4 is 22.9 Å². The van der Waals surface area contributed by atoms with E-state index < -0.39 is 17.7 Å². The predicted molar refractivity (Wildman–Crippen MR) is 79.3 cm³/mol. The summed E-state index contributed by atoms with van der Waals surface area (Å²) >= 11 is 0. The van der Waals surface area contributed by atoms with E-state index in [2.05, 4.69) is 4.74 Å². The Morgan fingerprint density at radius 3 is 2.45 bits per heavy atom. The molecule has 0 amide bonds. The van der Waals surface area contributed by atoms with E-state index in [1.165, 1.54) is 27.0 Å². The first-order chi connectivity index (χ1) is 10.3. The van der Waals surface area contributed by atoms with E-state index in [0.29, 0.717) is 11.1 Å². The van der Waals surface area contributed by atoms with Crippen LogP contribution < -0.4 is 9.47 Å². The first-order valence-corrected chi connectivity index (χ1v) is 6.54. The molecular weight excluding hydrogens is 288 g/mol. The number of hydrogen-bond donors (Lipinski definition) is 1. The lowest BCUT2D eigenvalue weighted by molar-refractivity contribution is -0.152. The Morgan fingerprint density at radius 2 is 1.82 bits per heavy atom. The standard InChI is InChI=1S/C16H16O6/c1-16(2,14(17)18)22-13-9-11(21-15(19)20-3)8-10-6-4-5-7-12(10)13/h4-9H,1-3H3,(H,17,18). The number of carbonyl (C=O) groups excluding carboxylic acids is 1. The van der Waals surface area contributed by atoms with Crippen LogP contribution >= 0.6 is 0 Å². The molecule has 0 spiro atoms. The molecule has 0 aliphatic heterocycles. The van der Waals surface area contributed by atoms with Gasteiger partial charge in [0.15, 0.2) is 5.60 Å². The summed E-state index contributed by atoms with van der Waals surface area (Å²) < 4.78 is 15.0. The molecule has 0 heterocycles. The molecule has 116 valence electrons. The summed E-state index contributed by atoms with van der Waals surface area (Å²) in [6, 6.07) is 10.3. The van der Waals surface area contributed by atoms with Gasteiger partial charge in [-0.1, -0.05) is 24.3 Å². The van der Waals surface area contributed by atoms with Gasteiger partial charge in [-0.3, -0.25) is 0 Å². The van der Waals surface area contributed by atoms with Crippen molar-refractivity contribution in [2.75, 3.05) is 7.11 Å². The van der Waals surface area contributed by atoms with Gasteiger partial charge in [0.2, 0.25) is 0 Å². The summed E-state index contributed by atoms with van der Waals surface area (Å²) in [5, 5.41) is 10.7. The van der Waals surface area contributed by atoms with Crippen molar-refractivity contribution in [2.24, 2.45) is 0 Å². The van der Waals surface area contributed by atoms with Gasteiger partial charge in [-0.15, -0.1) is 0 Å². The van der Waals surface area contributed by atoms with Gasteiger partial charge in [-0.2, -0.15) is 0 Å². The van der Waals surface area contributed by atoms with Gasteiger partial charge in [-0.05, 0) is 25.3 Å². The highest BCUT2D eigenvalue weighted by atomic mass is 16.7. The number of fused-ring (bicyclic) bond motifs is 1. The largest absolute Gasteiger partial charge is 0.513 e. The number of carboxylic acid groups (broad SMARTS) is 1. The lowest BCUT2D eigenvalue weighted by atomic mass is 10.1. The van der Waals surface area contributed by atoms with E-state index in [4.69, 9.17) is 9.47 Å². The molecule has 0 atom stereocenters. The monoisotopic (exact) mass is 304 g/mol. The van der Waals surface area contributed by atoms with Gasteiger partial charge in [-0.25, -0.2) is 9.59 Å². The van der Waals surface area contributed by atoms with Gasteiger partial charge in [0.1, 0.15) is 11.5 Å². The molecule has 2 aromatic rings. The molecule has 0 aliphatic carbocycles. The quantitative estimate of drug-likeness (QED) is 0.690. The summed E-state index contributed by atoms with van der Waals surface area (Å²) in [7, 11) is 1.20. The SMILES string of the molecule is COC(=O)Oc1cc(OC(C)(C)C(=O)O)c2ccccc2c1. The second kappa shape index (κ2) is 5.93. The lowest BCUT2D eigenvalue weighted by Crippen LogP contribution is -2.37. The maximum absolute atomic E-state index is 11.2. The first kappa shape index (κ1) is 15.6. The Kier molecular flexibility index (Phi) is 4.21. The molecular formula is C16H16O6. The van der Waals surface area contributed by atoms with Crippen LogP contribution in [0.5, 0.6) is 11.5 Å². The zero-order chi connectivity index (χ0) is 16.3. The normalized spacial score (nSPS) is 11.0. The minimum atomic E-state index is -1.42. The maximum Gasteiger partial charge on any atom is 0.513 e. The molecule has 22 heavy (non-hydrogen) atoms. The summed E-state index contributed by atoms with van der Waals surface area (Å²) in [5.41, 5.74) is -1.42. The van der Waals surface area contributed by atoms with Gasteiger partial charge < -0.3 is 19.3 Å². The van der Waals surface area contributed by atoms with Gasteiger partial charge in [0.05, 0.1) is 7.11 Å². The maximum atomic E-state index is 11.2. The fraction of sp³-hybridized carbons (Fsp3) is 0.250. The summed E-state index contributed by atoms with van der Waals surface area (Å²) in [6.45, 7) is 2.88. The van der Waals surface area contributed by atoms with Crippen LogP contribution in [0.4, 0.5) is 4.79 Å². The lowest BCUT2D eigenvalue weighted by Gasteiger charge is -2.23. The Balaban J connectivity index is 2.50. The number of methoxy groups -OCH3 is 1. The molecule has 1 N–H and O–H groups in total. The molecule has 0 fully saturated rings. The Morgan fingerprint density at radius 1 is 1.14 bits per heavy atom. The van der Waals surface area contributed by atoms with Crippen LogP contribution in [0, 0.1) is 0 Å². The summed E-state index contributed by atoms with van der Waals surface area (Å²) in [5.74, 6) is -0.581. The van der Waals surface area contributed by atoms with Crippen LogP contribution in [0.1, 0.15) is 13.8 Å². The van der Waals surface area contributed by atoms with E-state index in [1.54, 1.807) is 18.2 Å². The van der Waals surface area contributed by atoms with Crippen LogP contribution in [0.3, 0.4) is 0 Å². The Labute approximate surface area is 127 Å². The smallest absolute Gasteiger partial charge is 0.478 e. The van der Waals surface area contributed by atoms with Crippen LogP contribution in [0.15, 0.2) is 36.4 Å². The summed E-state index contributed by atoms with van der Waals surface area (Å²) in [4.78, 5) is 22.5. The minimum absolute atomic E-state index is 0.210. The first-order valence-electron chi connectivity index (χ1n) is 6.54. The van der Waals surface area contributed by atoms with Crippen LogP contribution in [-0.4, -0.2) is 29.9 Å². The van der Waals surface area contributed by atoms with Crippen LogP contribution in [-0.2, 0) is 9.53 Å². The van der Waals surface area contributed by atoms with Crippen molar-refractivity contribution in [1.82, 2.24) is 0 Å². The molecule has 0 aromatic heterocycles. The van der Waals surface area contributed by atoms with Gasteiger partial charge in [0.25, 0.3) is 0 Å². The molecule has 0 bridgehead atoms. The number of hydrogen-bond acceptors (Lipinski definition) is 5. The number of carbonyl (C=O) groups is 2.